The zero-order valence-electron chi connectivity index (χ0n) is 10.9. The Morgan fingerprint density at radius 2 is 2.32 bits per heavy atom. The van der Waals surface area contributed by atoms with E-state index in [0.29, 0.717) is 19.5 Å². The number of piperidine rings is 1. The number of hydrogen-bond acceptors (Lipinski definition) is 3. The lowest BCUT2D eigenvalue weighted by Crippen LogP contribution is -2.51. The van der Waals surface area contributed by atoms with Crippen molar-refractivity contribution in [2.45, 2.75) is 31.8 Å². The number of hydrogen-bond donors (Lipinski definition) is 2. The first kappa shape index (κ1) is 13.4. The third-order valence-corrected chi connectivity index (χ3v) is 3.37. The Kier molecular flexibility index (Phi) is 4.03. The monoisotopic (exact) mass is 266 g/mol. The molecule has 1 aromatic heterocycles. The Morgan fingerprint density at radius 1 is 1.53 bits per heavy atom. The molecule has 7 nitrogen and oxygen atoms in total. The van der Waals surface area contributed by atoms with E-state index in [1.54, 1.807) is 12.4 Å². The molecule has 2 amide bonds. The highest BCUT2D eigenvalue weighted by atomic mass is 16.4. The second kappa shape index (κ2) is 5.73. The van der Waals surface area contributed by atoms with Gasteiger partial charge in [-0.05, 0) is 19.3 Å². The maximum Gasteiger partial charge on any atom is 0.326 e. The molecule has 104 valence electrons. The van der Waals surface area contributed by atoms with Crippen LogP contribution in [0.4, 0.5) is 4.79 Å². The highest BCUT2D eigenvalue weighted by molar-refractivity contribution is 5.82. The molecule has 2 rings (SSSR count). The SMILES string of the molecule is Cn1ccnc1CNC(=O)N1CCCCC1C(=O)O. The first-order valence-corrected chi connectivity index (χ1v) is 6.33. The summed E-state index contributed by atoms with van der Waals surface area (Å²) in [6.07, 6.45) is 5.66. The van der Waals surface area contributed by atoms with Gasteiger partial charge in [-0.2, -0.15) is 0 Å². The van der Waals surface area contributed by atoms with E-state index in [1.807, 2.05) is 11.6 Å². The van der Waals surface area contributed by atoms with Crippen LogP contribution in [0, 0.1) is 0 Å². The molecule has 1 saturated heterocycles. The van der Waals surface area contributed by atoms with Crippen molar-refractivity contribution in [3.8, 4) is 0 Å². The second-order valence-electron chi connectivity index (χ2n) is 4.66. The molecule has 7 heteroatoms. The van der Waals surface area contributed by atoms with Crippen LogP contribution in [-0.2, 0) is 18.4 Å². The molecule has 1 unspecified atom stereocenters. The first-order valence-electron chi connectivity index (χ1n) is 6.33. The Labute approximate surface area is 111 Å². The summed E-state index contributed by atoms with van der Waals surface area (Å²) in [4.78, 5) is 28.7. The molecule has 0 spiro atoms. The van der Waals surface area contributed by atoms with Gasteiger partial charge < -0.3 is 19.9 Å². The van der Waals surface area contributed by atoms with E-state index < -0.39 is 12.0 Å². The number of nitrogens with zero attached hydrogens (tertiary/aromatic N) is 3. The zero-order valence-corrected chi connectivity index (χ0v) is 10.9. The molecular formula is C12H18N4O3. The van der Waals surface area contributed by atoms with Crippen LogP contribution in [0.25, 0.3) is 0 Å². The molecule has 2 N–H and O–H groups in total. The molecule has 2 heterocycles. The lowest BCUT2D eigenvalue weighted by molar-refractivity contribution is -0.143. The summed E-state index contributed by atoms with van der Waals surface area (Å²) in [6, 6.07) is -1.05. The Hall–Kier alpha value is -2.05. The topological polar surface area (TPSA) is 87.5 Å². The summed E-state index contributed by atoms with van der Waals surface area (Å²) in [5.41, 5.74) is 0. The molecule has 19 heavy (non-hydrogen) atoms. The fraction of sp³-hybridized carbons (Fsp3) is 0.583. The number of urea groups is 1. The van der Waals surface area contributed by atoms with E-state index in [4.69, 9.17) is 5.11 Å². The smallest absolute Gasteiger partial charge is 0.326 e. The average Bonchev–Trinajstić information content (AvgIpc) is 2.81. The molecule has 1 aliphatic rings. The highest BCUT2D eigenvalue weighted by Gasteiger charge is 2.31. The Morgan fingerprint density at radius 3 is 2.95 bits per heavy atom. The zero-order chi connectivity index (χ0) is 13.8. The number of aliphatic carboxylic acids is 1. The fourth-order valence-electron chi connectivity index (χ4n) is 2.25. The van der Waals surface area contributed by atoms with Crippen LogP contribution in [-0.4, -0.2) is 44.1 Å². The van der Waals surface area contributed by atoms with Crippen LogP contribution >= 0.6 is 0 Å². The predicted octanol–water partition coefficient (Wildman–Crippen LogP) is 0.569. The van der Waals surface area contributed by atoms with Crippen molar-refractivity contribution >= 4 is 12.0 Å². The fourth-order valence-corrected chi connectivity index (χ4v) is 2.25. The summed E-state index contributed by atoms with van der Waals surface area (Å²) >= 11 is 0. The number of amides is 2. The molecule has 1 fully saturated rings. The molecule has 0 saturated carbocycles. The maximum atomic E-state index is 12.0. The van der Waals surface area contributed by atoms with Crippen molar-refractivity contribution < 1.29 is 14.7 Å². The summed E-state index contributed by atoms with van der Waals surface area (Å²) in [6.45, 7) is 0.786. The second-order valence-corrected chi connectivity index (χ2v) is 4.66. The molecule has 0 bridgehead atoms. The van der Waals surface area contributed by atoms with Crippen molar-refractivity contribution in [2.75, 3.05) is 6.54 Å². The van der Waals surface area contributed by atoms with Gasteiger partial charge in [0.1, 0.15) is 11.9 Å². The van der Waals surface area contributed by atoms with Gasteiger partial charge in [-0.25, -0.2) is 14.6 Å². The van der Waals surface area contributed by atoms with Crippen molar-refractivity contribution in [1.82, 2.24) is 19.8 Å². The van der Waals surface area contributed by atoms with Crippen molar-refractivity contribution in [1.29, 1.82) is 0 Å². The van der Waals surface area contributed by atoms with Gasteiger partial charge in [0.25, 0.3) is 0 Å². The van der Waals surface area contributed by atoms with Gasteiger partial charge >= 0.3 is 12.0 Å². The van der Waals surface area contributed by atoms with Crippen molar-refractivity contribution in [3.63, 3.8) is 0 Å². The number of rotatable bonds is 3. The maximum absolute atomic E-state index is 12.0. The van der Waals surface area contributed by atoms with E-state index in [9.17, 15) is 9.59 Å². The lowest BCUT2D eigenvalue weighted by atomic mass is 10.0. The van der Waals surface area contributed by atoms with E-state index in [2.05, 4.69) is 10.3 Å². The standard InChI is InChI=1S/C12H18N4O3/c1-15-7-5-13-10(15)8-14-12(19)16-6-3-2-4-9(16)11(17)18/h5,7,9H,2-4,6,8H2,1H3,(H,14,19)(H,17,18). The number of aryl methyl sites for hydroxylation is 1. The molecule has 0 aromatic carbocycles. The van der Waals surface area contributed by atoms with E-state index >= 15 is 0 Å². The van der Waals surface area contributed by atoms with Gasteiger partial charge in [-0.3, -0.25) is 0 Å². The van der Waals surface area contributed by atoms with Gasteiger partial charge in [0, 0.05) is 26.0 Å². The van der Waals surface area contributed by atoms with E-state index in [0.717, 1.165) is 18.7 Å². The minimum atomic E-state index is -0.938. The minimum Gasteiger partial charge on any atom is -0.480 e. The number of likely N-dealkylation sites (tertiary alicyclic amines) is 1. The number of carbonyl (C=O) groups is 2. The third kappa shape index (κ3) is 3.04. The van der Waals surface area contributed by atoms with Crippen LogP contribution in [0.2, 0.25) is 0 Å². The normalized spacial score (nSPS) is 19.2. The number of carboxylic acids is 1. The van der Waals surface area contributed by atoms with Crippen molar-refractivity contribution in [2.24, 2.45) is 7.05 Å². The Balaban J connectivity index is 1.94. The number of nitrogens with one attached hydrogen (secondary N) is 1. The first-order chi connectivity index (χ1) is 9.09. The molecule has 0 aliphatic carbocycles. The summed E-state index contributed by atoms with van der Waals surface area (Å²) in [5.74, 6) is -0.205. The highest BCUT2D eigenvalue weighted by Crippen LogP contribution is 2.17. The number of carbonyl (C=O) groups excluding carboxylic acids is 1. The average molecular weight is 266 g/mol. The molecular weight excluding hydrogens is 248 g/mol. The minimum absolute atomic E-state index is 0.297. The van der Waals surface area contributed by atoms with E-state index in [1.165, 1.54) is 4.90 Å². The van der Waals surface area contributed by atoms with Crippen LogP contribution in [0.15, 0.2) is 12.4 Å². The van der Waals surface area contributed by atoms with Crippen LogP contribution < -0.4 is 5.32 Å². The molecule has 1 aliphatic heterocycles. The summed E-state index contributed by atoms with van der Waals surface area (Å²) in [7, 11) is 1.84. The molecule has 0 radical (unpaired) electrons. The van der Waals surface area contributed by atoms with Gasteiger partial charge in [0.2, 0.25) is 0 Å². The lowest BCUT2D eigenvalue weighted by Gasteiger charge is -2.32. The van der Waals surface area contributed by atoms with Gasteiger partial charge in [0.15, 0.2) is 0 Å². The van der Waals surface area contributed by atoms with E-state index in [-0.39, 0.29) is 6.03 Å². The van der Waals surface area contributed by atoms with Gasteiger partial charge in [-0.1, -0.05) is 0 Å². The largest absolute Gasteiger partial charge is 0.480 e. The number of imidazole rings is 1. The van der Waals surface area contributed by atoms with Crippen LogP contribution in [0.5, 0.6) is 0 Å². The van der Waals surface area contributed by atoms with Crippen LogP contribution in [0.1, 0.15) is 25.1 Å². The molecule has 1 aromatic rings. The predicted molar refractivity (Wildman–Crippen MR) is 67.4 cm³/mol. The Bertz CT molecular complexity index is 471. The third-order valence-electron chi connectivity index (χ3n) is 3.37. The van der Waals surface area contributed by atoms with Gasteiger partial charge in [-0.15, -0.1) is 0 Å². The quantitative estimate of drug-likeness (QED) is 0.837. The molecule has 1 atom stereocenters. The number of aromatic nitrogens is 2. The van der Waals surface area contributed by atoms with Crippen molar-refractivity contribution in [3.05, 3.63) is 18.2 Å². The van der Waals surface area contributed by atoms with Gasteiger partial charge in [0.05, 0.1) is 6.54 Å². The number of carboxylic acid groups (broad SMARTS) is 1. The summed E-state index contributed by atoms with van der Waals surface area (Å²) in [5, 5.41) is 11.8. The summed E-state index contributed by atoms with van der Waals surface area (Å²) < 4.78 is 1.81. The van der Waals surface area contributed by atoms with Crippen LogP contribution in [0.3, 0.4) is 0 Å².